The van der Waals surface area contributed by atoms with Crippen LogP contribution >= 0.6 is 0 Å². The molecule has 2 rings (SSSR count). The Morgan fingerprint density at radius 3 is 2.94 bits per heavy atom. The molecule has 0 aliphatic heterocycles. The van der Waals surface area contributed by atoms with Gasteiger partial charge in [-0.25, -0.2) is 0 Å². The van der Waals surface area contributed by atoms with Crippen LogP contribution in [0.5, 0.6) is 0 Å². The van der Waals surface area contributed by atoms with Gasteiger partial charge in [0, 0.05) is 19.2 Å². The summed E-state index contributed by atoms with van der Waals surface area (Å²) in [5.41, 5.74) is 1.16. The number of aryl methyl sites for hydroxylation is 1. The van der Waals surface area contributed by atoms with Gasteiger partial charge in [-0.05, 0) is 30.7 Å². The van der Waals surface area contributed by atoms with Gasteiger partial charge in [-0.3, -0.25) is 4.68 Å². The first-order chi connectivity index (χ1) is 7.70. The zero-order valence-electron chi connectivity index (χ0n) is 10.3. The van der Waals surface area contributed by atoms with Crippen molar-refractivity contribution in [2.24, 2.45) is 11.8 Å². The van der Waals surface area contributed by atoms with Gasteiger partial charge in [0.15, 0.2) is 0 Å². The van der Waals surface area contributed by atoms with E-state index in [0.717, 1.165) is 18.5 Å². The number of hydrogen-bond donors (Lipinski definition) is 1. The molecule has 1 aromatic heterocycles. The highest BCUT2D eigenvalue weighted by molar-refractivity contribution is 5.06. The van der Waals surface area contributed by atoms with Crippen molar-refractivity contribution in [2.45, 2.75) is 52.2 Å². The minimum atomic E-state index is -0.188. The van der Waals surface area contributed by atoms with Crippen LogP contribution in [0.2, 0.25) is 0 Å². The fourth-order valence-corrected chi connectivity index (χ4v) is 2.82. The largest absolute Gasteiger partial charge is 0.392 e. The third-order valence-electron chi connectivity index (χ3n) is 3.88. The zero-order valence-corrected chi connectivity index (χ0v) is 10.3. The molecule has 1 aromatic rings. The van der Waals surface area contributed by atoms with E-state index in [1.165, 1.54) is 19.3 Å². The fourth-order valence-electron chi connectivity index (χ4n) is 2.82. The maximum absolute atomic E-state index is 10.2. The second kappa shape index (κ2) is 5.00. The van der Waals surface area contributed by atoms with E-state index in [2.05, 4.69) is 18.9 Å². The third-order valence-corrected chi connectivity index (χ3v) is 3.88. The average Bonchev–Trinajstić information content (AvgIpc) is 2.86. The lowest BCUT2D eigenvalue weighted by Crippen LogP contribution is -2.24. The van der Waals surface area contributed by atoms with Gasteiger partial charge in [0.25, 0.3) is 0 Å². The molecular formula is C13H22N2O. The van der Waals surface area contributed by atoms with E-state index >= 15 is 0 Å². The molecule has 3 heteroatoms. The molecule has 16 heavy (non-hydrogen) atoms. The average molecular weight is 222 g/mol. The summed E-state index contributed by atoms with van der Waals surface area (Å²) in [6.07, 6.45) is 8.23. The first kappa shape index (κ1) is 11.6. The maximum Gasteiger partial charge on any atom is 0.0612 e. The molecule has 0 amide bonds. The standard InChI is InChI=1S/C13H22N2O/c1-3-15-9-11(8-14-15)7-13(16)12-6-4-5-10(12)2/h8-10,12-13,16H,3-7H2,1-2H3. The Hall–Kier alpha value is -0.830. The summed E-state index contributed by atoms with van der Waals surface area (Å²) in [7, 11) is 0. The Bertz CT molecular complexity index is 334. The third kappa shape index (κ3) is 2.46. The Kier molecular flexibility index (Phi) is 3.64. The Morgan fingerprint density at radius 1 is 1.56 bits per heavy atom. The predicted molar refractivity (Wildman–Crippen MR) is 64.1 cm³/mol. The van der Waals surface area contributed by atoms with E-state index in [4.69, 9.17) is 0 Å². The van der Waals surface area contributed by atoms with Crippen molar-refractivity contribution in [2.75, 3.05) is 0 Å². The number of nitrogens with zero attached hydrogens (tertiary/aromatic N) is 2. The Labute approximate surface area is 97.5 Å². The summed E-state index contributed by atoms with van der Waals surface area (Å²) in [6, 6.07) is 0. The smallest absolute Gasteiger partial charge is 0.0612 e. The quantitative estimate of drug-likeness (QED) is 0.848. The van der Waals surface area contributed by atoms with Gasteiger partial charge in [-0.1, -0.05) is 19.8 Å². The fraction of sp³-hybridized carbons (Fsp3) is 0.769. The van der Waals surface area contributed by atoms with Crippen LogP contribution in [0.1, 0.15) is 38.7 Å². The first-order valence-corrected chi connectivity index (χ1v) is 6.40. The van der Waals surface area contributed by atoms with Crippen LogP contribution < -0.4 is 0 Å². The van der Waals surface area contributed by atoms with Gasteiger partial charge in [0.2, 0.25) is 0 Å². The van der Waals surface area contributed by atoms with Gasteiger partial charge >= 0.3 is 0 Å². The second-order valence-electron chi connectivity index (χ2n) is 5.05. The molecule has 1 saturated carbocycles. The van der Waals surface area contributed by atoms with Crippen LogP contribution in [-0.2, 0) is 13.0 Å². The number of aromatic nitrogens is 2. The number of aliphatic hydroxyl groups excluding tert-OH is 1. The molecule has 3 atom stereocenters. The van der Waals surface area contributed by atoms with E-state index < -0.39 is 0 Å². The highest BCUT2D eigenvalue weighted by atomic mass is 16.3. The minimum Gasteiger partial charge on any atom is -0.392 e. The number of rotatable bonds is 4. The summed E-state index contributed by atoms with van der Waals surface area (Å²) in [5, 5.41) is 14.5. The zero-order chi connectivity index (χ0) is 11.5. The molecule has 1 N–H and O–H groups in total. The van der Waals surface area contributed by atoms with E-state index in [1.807, 2.05) is 17.1 Å². The molecular weight excluding hydrogens is 200 g/mol. The van der Waals surface area contributed by atoms with Crippen molar-refractivity contribution >= 4 is 0 Å². The molecule has 1 heterocycles. The lowest BCUT2D eigenvalue weighted by Gasteiger charge is -2.21. The van der Waals surface area contributed by atoms with E-state index in [9.17, 15) is 5.11 Å². The van der Waals surface area contributed by atoms with E-state index in [0.29, 0.717) is 11.8 Å². The molecule has 0 spiro atoms. The van der Waals surface area contributed by atoms with Gasteiger partial charge in [0.05, 0.1) is 12.3 Å². The summed E-state index contributed by atoms with van der Waals surface area (Å²) in [6.45, 7) is 5.23. The molecule has 1 aliphatic carbocycles. The van der Waals surface area contributed by atoms with Crippen LogP contribution in [0, 0.1) is 11.8 Å². The van der Waals surface area contributed by atoms with Crippen molar-refractivity contribution in [3.05, 3.63) is 18.0 Å². The van der Waals surface area contributed by atoms with Gasteiger partial charge in [-0.2, -0.15) is 5.10 Å². The van der Waals surface area contributed by atoms with Crippen LogP contribution in [0.3, 0.4) is 0 Å². The van der Waals surface area contributed by atoms with Crippen LogP contribution in [0.4, 0.5) is 0 Å². The summed E-state index contributed by atoms with van der Waals surface area (Å²) < 4.78 is 1.92. The minimum absolute atomic E-state index is 0.188. The molecule has 0 radical (unpaired) electrons. The molecule has 1 aliphatic rings. The molecule has 0 bridgehead atoms. The number of aliphatic hydroxyl groups is 1. The van der Waals surface area contributed by atoms with Crippen molar-refractivity contribution in [1.82, 2.24) is 9.78 Å². The Balaban J connectivity index is 1.93. The first-order valence-electron chi connectivity index (χ1n) is 6.40. The van der Waals surface area contributed by atoms with Crippen LogP contribution in [0.25, 0.3) is 0 Å². The normalized spacial score (nSPS) is 27.2. The summed E-state index contributed by atoms with van der Waals surface area (Å²) in [5.74, 6) is 1.17. The van der Waals surface area contributed by atoms with Crippen molar-refractivity contribution < 1.29 is 5.11 Å². The predicted octanol–water partition coefficient (Wildman–Crippen LogP) is 2.24. The molecule has 0 saturated heterocycles. The highest BCUT2D eigenvalue weighted by Crippen LogP contribution is 2.34. The lowest BCUT2D eigenvalue weighted by atomic mass is 9.89. The van der Waals surface area contributed by atoms with E-state index in [-0.39, 0.29) is 6.10 Å². The van der Waals surface area contributed by atoms with Crippen molar-refractivity contribution in [3.63, 3.8) is 0 Å². The second-order valence-corrected chi connectivity index (χ2v) is 5.05. The van der Waals surface area contributed by atoms with Crippen molar-refractivity contribution in [1.29, 1.82) is 0 Å². The van der Waals surface area contributed by atoms with Gasteiger partial charge in [0.1, 0.15) is 0 Å². The Morgan fingerprint density at radius 2 is 2.38 bits per heavy atom. The molecule has 1 fully saturated rings. The summed E-state index contributed by atoms with van der Waals surface area (Å²) >= 11 is 0. The number of hydrogen-bond acceptors (Lipinski definition) is 2. The van der Waals surface area contributed by atoms with Crippen LogP contribution in [0.15, 0.2) is 12.4 Å². The molecule has 0 aromatic carbocycles. The SMILES string of the molecule is CCn1cc(CC(O)C2CCCC2C)cn1. The van der Waals surface area contributed by atoms with E-state index in [1.54, 1.807) is 0 Å². The molecule has 3 unspecified atom stereocenters. The lowest BCUT2D eigenvalue weighted by molar-refractivity contribution is 0.0901. The topological polar surface area (TPSA) is 38.0 Å². The molecule has 90 valence electrons. The molecule has 3 nitrogen and oxygen atoms in total. The van der Waals surface area contributed by atoms with Gasteiger partial charge < -0.3 is 5.11 Å². The monoisotopic (exact) mass is 222 g/mol. The van der Waals surface area contributed by atoms with Gasteiger partial charge in [-0.15, -0.1) is 0 Å². The highest BCUT2D eigenvalue weighted by Gasteiger charge is 2.29. The summed E-state index contributed by atoms with van der Waals surface area (Å²) in [4.78, 5) is 0. The maximum atomic E-state index is 10.2. The van der Waals surface area contributed by atoms with Crippen LogP contribution in [-0.4, -0.2) is 21.0 Å². The van der Waals surface area contributed by atoms with Crippen molar-refractivity contribution in [3.8, 4) is 0 Å².